The molecule has 2 aromatic carbocycles. The quantitative estimate of drug-likeness (QED) is 0.636. The summed E-state index contributed by atoms with van der Waals surface area (Å²) in [7, 11) is 0. The highest BCUT2D eigenvalue weighted by molar-refractivity contribution is 5.23. The molecule has 0 aliphatic carbocycles. The minimum atomic E-state index is 0.653. The van der Waals surface area contributed by atoms with Gasteiger partial charge in [-0.25, -0.2) is 0 Å². The van der Waals surface area contributed by atoms with Gasteiger partial charge in [-0.15, -0.1) is 0 Å². The van der Waals surface area contributed by atoms with Crippen LogP contribution < -0.4 is 0 Å². The molecule has 0 aliphatic rings. The highest BCUT2D eigenvalue weighted by Gasteiger charge is 1.95. The molecule has 0 bridgehead atoms. The standard InChI is InChI=1S/C10H14.C6H6/c1-8(2)10-6-4-9(3)5-7-10;1-2-4-6-5-3-1/h4-8H,1-3H3;1-6H. The Balaban J connectivity index is 0.000000181. The molecule has 0 amide bonds. The van der Waals surface area contributed by atoms with Crippen molar-refractivity contribution < 1.29 is 0 Å². The SMILES string of the molecule is Cc1ccc(C(C)C)cc1.c1ccccc1. The molecular weight excluding hydrogens is 192 g/mol. The molecule has 0 atom stereocenters. The molecule has 0 heteroatoms. The zero-order valence-electron chi connectivity index (χ0n) is 10.4. The van der Waals surface area contributed by atoms with E-state index in [1.165, 1.54) is 11.1 Å². The molecule has 0 radical (unpaired) electrons. The number of benzene rings is 2. The number of hydrogen-bond donors (Lipinski definition) is 0. The zero-order valence-corrected chi connectivity index (χ0v) is 10.4. The van der Waals surface area contributed by atoms with Crippen LogP contribution >= 0.6 is 0 Å². The van der Waals surface area contributed by atoms with Crippen LogP contribution in [-0.4, -0.2) is 0 Å². The molecule has 0 fully saturated rings. The van der Waals surface area contributed by atoms with E-state index in [1.54, 1.807) is 0 Å². The van der Waals surface area contributed by atoms with E-state index in [1.807, 2.05) is 36.4 Å². The second-order valence-electron chi connectivity index (χ2n) is 4.22. The highest BCUT2D eigenvalue weighted by Crippen LogP contribution is 2.13. The van der Waals surface area contributed by atoms with Crippen molar-refractivity contribution in [1.82, 2.24) is 0 Å². The topological polar surface area (TPSA) is 0 Å². The normalized spacial score (nSPS) is 9.50. The summed E-state index contributed by atoms with van der Waals surface area (Å²) in [5, 5.41) is 0. The van der Waals surface area contributed by atoms with E-state index in [0.717, 1.165) is 0 Å². The first kappa shape index (κ1) is 12.5. The van der Waals surface area contributed by atoms with E-state index in [-0.39, 0.29) is 0 Å². The van der Waals surface area contributed by atoms with Crippen molar-refractivity contribution in [2.75, 3.05) is 0 Å². The van der Waals surface area contributed by atoms with Crippen LogP contribution in [0.5, 0.6) is 0 Å². The summed E-state index contributed by atoms with van der Waals surface area (Å²) in [6.45, 7) is 6.54. The molecule has 0 unspecified atom stereocenters. The average molecular weight is 212 g/mol. The first-order chi connectivity index (χ1) is 7.70. The van der Waals surface area contributed by atoms with Crippen LogP contribution in [0.3, 0.4) is 0 Å². The van der Waals surface area contributed by atoms with Gasteiger partial charge in [-0.2, -0.15) is 0 Å². The van der Waals surface area contributed by atoms with Crippen molar-refractivity contribution in [3.05, 3.63) is 71.8 Å². The smallest absolute Gasteiger partial charge is 0.0219 e. The number of hydrogen-bond acceptors (Lipinski definition) is 0. The summed E-state index contributed by atoms with van der Waals surface area (Å²) in [6, 6.07) is 20.7. The fourth-order valence-electron chi connectivity index (χ4n) is 1.34. The van der Waals surface area contributed by atoms with Gasteiger partial charge >= 0.3 is 0 Å². The third-order valence-corrected chi connectivity index (χ3v) is 2.41. The van der Waals surface area contributed by atoms with Gasteiger partial charge in [0.05, 0.1) is 0 Å². The van der Waals surface area contributed by atoms with Gasteiger partial charge in [0.25, 0.3) is 0 Å². The van der Waals surface area contributed by atoms with Gasteiger partial charge in [0.15, 0.2) is 0 Å². The van der Waals surface area contributed by atoms with E-state index in [0.29, 0.717) is 5.92 Å². The molecule has 2 aromatic rings. The minimum Gasteiger partial charge on any atom is -0.0623 e. The van der Waals surface area contributed by atoms with Crippen LogP contribution in [-0.2, 0) is 0 Å². The Bertz CT molecular complexity index is 344. The minimum absolute atomic E-state index is 0.653. The lowest BCUT2D eigenvalue weighted by Crippen LogP contribution is -1.85. The van der Waals surface area contributed by atoms with E-state index in [9.17, 15) is 0 Å². The predicted octanol–water partition coefficient (Wildman–Crippen LogP) is 4.81. The lowest BCUT2D eigenvalue weighted by molar-refractivity contribution is 0.866. The molecule has 0 N–H and O–H groups in total. The molecule has 84 valence electrons. The average Bonchev–Trinajstić information content (AvgIpc) is 2.32. The van der Waals surface area contributed by atoms with Crippen LogP contribution in [0.25, 0.3) is 0 Å². The second-order valence-corrected chi connectivity index (χ2v) is 4.22. The monoisotopic (exact) mass is 212 g/mol. The first-order valence-electron chi connectivity index (χ1n) is 5.76. The van der Waals surface area contributed by atoms with Gasteiger partial charge in [0, 0.05) is 0 Å². The van der Waals surface area contributed by atoms with Gasteiger partial charge < -0.3 is 0 Å². The molecule has 0 nitrogen and oxygen atoms in total. The summed E-state index contributed by atoms with van der Waals surface area (Å²) in [6.07, 6.45) is 0. The fourth-order valence-corrected chi connectivity index (χ4v) is 1.34. The maximum Gasteiger partial charge on any atom is -0.0219 e. The lowest BCUT2D eigenvalue weighted by Gasteiger charge is -2.03. The van der Waals surface area contributed by atoms with Gasteiger partial charge in [-0.05, 0) is 18.4 Å². The van der Waals surface area contributed by atoms with Gasteiger partial charge in [0.2, 0.25) is 0 Å². The van der Waals surface area contributed by atoms with Gasteiger partial charge in [0.1, 0.15) is 0 Å². The molecule has 0 saturated carbocycles. The summed E-state index contributed by atoms with van der Waals surface area (Å²) >= 11 is 0. The lowest BCUT2D eigenvalue weighted by atomic mass is 10.0. The molecule has 0 spiro atoms. The molecular formula is C16H20. The molecule has 16 heavy (non-hydrogen) atoms. The van der Waals surface area contributed by atoms with Crippen molar-refractivity contribution in [2.24, 2.45) is 0 Å². The largest absolute Gasteiger partial charge is 0.0623 e. The Labute approximate surface area is 99.0 Å². The first-order valence-corrected chi connectivity index (χ1v) is 5.76. The van der Waals surface area contributed by atoms with Crippen molar-refractivity contribution in [2.45, 2.75) is 26.7 Å². The van der Waals surface area contributed by atoms with Crippen LogP contribution in [0.4, 0.5) is 0 Å². The van der Waals surface area contributed by atoms with Crippen molar-refractivity contribution >= 4 is 0 Å². The Hall–Kier alpha value is -1.56. The number of aryl methyl sites for hydroxylation is 1. The van der Waals surface area contributed by atoms with E-state index >= 15 is 0 Å². The Morgan fingerprint density at radius 1 is 0.688 bits per heavy atom. The zero-order chi connectivity index (χ0) is 11.8. The van der Waals surface area contributed by atoms with Crippen LogP contribution in [0.2, 0.25) is 0 Å². The molecule has 0 aromatic heterocycles. The van der Waals surface area contributed by atoms with Gasteiger partial charge in [-0.1, -0.05) is 80.1 Å². The maximum absolute atomic E-state index is 2.21. The number of rotatable bonds is 1. The Morgan fingerprint density at radius 2 is 1.06 bits per heavy atom. The highest BCUT2D eigenvalue weighted by atomic mass is 14.0. The van der Waals surface area contributed by atoms with E-state index < -0.39 is 0 Å². The van der Waals surface area contributed by atoms with Crippen LogP contribution in [0.1, 0.15) is 30.9 Å². The fraction of sp³-hybridized carbons (Fsp3) is 0.250. The summed E-state index contributed by atoms with van der Waals surface area (Å²) in [4.78, 5) is 0. The Morgan fingerprint density at radius 3 is 1.38 bits per heavy atom. The predicted molar refractivity (Wildman–Crippen MR) is 71.7 cm³/mol. The van der Waals surface area contributed by atoms with Crippen LogP contribution in [0.15, 0.2) is 60.7 Å². The summed E-state index contributed by atoms with van der Waals surface area (Å²) in [5.41, 5.74) is 2.76. The Kier molecular flexibility index (Phi) is 5.35. The van der Waals surface area contributed by atoms with Crippen molar-refractivity contribution in [3.63, 3.8) is 0 Å². The third kappa shape index (κ3) is 4.79. The molecule has 0 aliphatic heterocycles. The summed E-state index contributed by atoms with van der Waals surface area (Å²) < 4.78 is 0. The van der Waals surface area contributed by atoms with Crippen LogP contribution in [0, 0.1) is 6.92 Å². The maximum atomic E-state index is 2.21. The second kappa shape index (κ2) is 6.84. The van der Waals surface area contributed by atoms with Crippen molar-refractivity contribution in [3.8, 4) is 0 Å². The summed E-state index contributed by atoms with van der Waals surface area (Å²) in [5.74, 6) is 0.653. The van der Waals surface area contributed by atoms with E-state index in [4.69, 9.17) is 0 Å². The molecule has 0 heterocycles. The third-order valence-electron chi connectivity index (χ3n) is 2.41. The van der Waals surface area contributed by atoms with Crippen molar-refractivity contribution in [1.29, 1.82) is 0 Å². The molecule has 0 saturated heterocycles. The van der Waals surface area contributed by atoms with Gasteiger partial charge in [-0.3, -0.25) is 0 Å². The van der Waals surface area contributed by atoms with E-state index in [2.05, 4.69) is 45.0 Å². The molecule has 2 rings (SSSR count).